The Hall–Kier alpha value is -0.820. The van der Waals surface area contributed by atoms with E-state index >= 15 is 0 Å². The Morgan fingerprint density at radius 2 is 1.89 bits per heavy atom. The van der Waals surface area contributed by atoms with Crippen molar-refractivity contribution in [3.63, 3.8) is 0 Å². The topological polar surface area (TPSA) is 12.0 Å². The van der Waals surface area contributed by atoms with Gasteiger partial charge in [0.1, 0.15) is 0 Å². The van der Waals surface area contributed by atoms with Crippen molar-refractivity contribution in [1.29, 1.82) is 0 Å². The zero-order valence-corrected chi connectivity index (χ0v) is 12.7. The third kappa shape index (κ3) is 4.07. The maximum absolute atomic E-state index is 3.91. The van der Waals surface area contributed by atoms with Crippen LogP contribution >= 0.6 is 0 Å². The van der Waals surface area contributed by atoms with Crippen molar-refractivity contribution in [2.24, 2.45) is 11.8 Å². The van der Waals surface area contributed by atoms with Crippen LogP contribution in [0.2, 0.25) is 0 Å². The molecule has 2 rings (SSSR count). The summed E-state index contributed by atoms with van der Waals surface area (Å²) in [7, 11) is 0. The summed E-state index contributed by atoms with van der Waals surface area (Å²) in [6.45, 7) is 7.04. The van der Waals surface area contributed by atoms with Gasteiger partial charge >= 0.3 is 0 Å². The lowest BCUT2D eigenvalue weighted by Gasteiger charge is -2.34. The van der Waals surface area contributed by atoms with Crippen LogP contribution in [0, 0.1) is 11.8 Å². The van der Waals surface area contributed by atoms with Crippen molar-refractivity contribution >= 4 is 0 Å². The molecule has 19 heavy (non-hydrogen) atoms. The third-order valence-corrected chi connectivity index (χ3v) is 4.70. The molecule has 1 N–H and O–H groups in total. The first-order chi connectivity index (χ1) is 9.20. The van der Waals surface area contributed by atoms with Crippen LogP contribution in [-0.2, 0) is 0 Å². The Balaban J connectivity index is 1.95. The van der Waals surface area contributed by atoms with E-state index in [1.165, 1.54) is 37.7 Å². The monoisotopic (exact) mass is 259 g/mol. The highest BCUT2D eigenvalue weighted by atomic mass is 15.0. The maximum Gasteiger partial charge on any atom is 0.0320 e. The Morgan fingerprint density at radius 1 is 1.16 bits per heavy atom. The highest BCUT2D eigenvalue weighted by Crippen LogP contribution is 2.31. The molecule has 1 nitrogen and oxygen atoms in total. The zero-order valence-electron chi connectivity index (χ0n) is 12.7. The third-order valence-electron chi connectivity index (χ3n) is 4.70. The highest BCUT2D eigenvalue weighted by molar-refractivity contribution is 5.18. The predicted molar refractivity (Wildman–Crippen MR) is 83.2 cm³/mol. The normalized spacial score (nSPS) is 25.5. The summed E-state index contributed by atoms with van der Waals surface area (Å²) >= 11 is 0. The van der Waals surface area contributed by atoms with Gasteiger partial charge in [-0.15, -0.1) is 0 Å². The standard InChI is InChI=1S/C18H29N/c1-4-18(15-9-6-5-7-10-15)19-17-12-8-11-16(13-17)14(2)3/h5-7,9-10,14,16-19H,4,8,11-13H2,1-3H3. The highest BCUT2D eigenvalue weighted by Gasteiger charge is 2.25. The zero-order chi connectivity index (χ0) is 13.7. The number of hydrogen-bond donors (Lipinski definition) is 1. The van der Waals surface area contributed by atoms with Gasteiger partial charge < -0.3 is 5.32 Å². The summed E-state index contributed by atoms with van der Waals surface area (Å²) < 4.78 is 0. The van der Waals surface area contributed by atoms with E-state index in [9.17, 15) is 0 Å². The number of benzene rings is 1. The van der Waals surface area contributed by atoms with Crippen LogP contribution in [0.25, 0.3) is 0 Å². The van der Waals surface area contributed by atoms with Crippen molar-refractivity contribution in [3.8, 4) is 0 Å². The average molecular weight is 259 g/mol. The molecule has 1 heteroatoms. The second-order valence-corrected chi connectivity index (χ2v) is 6.41. The molecule has 0 bridgehead atoms. The molecule has 1 aromatic rings. The Labute approximate surface area is 118 Å². The molecule has 0 aromatic heterocycles. The Kier molecular flexibility index (Phi) is 5.45. The van der Waals surface area contributed by atoms with E-state index in [0.29, 0.717) is 12.1 Å². The lowest BCUT2D eigenvalue weighted by Crippen LogP contribution is -2.37. The van der Waals surface area contributed by atoms with Crippen molar-refractivity contribution in [1.82, 2.24) is 5.32 Å². The average Bonchev–Trinajstić information content (AvgIpc) is 2.46. The second-order valence-electron chi connectivity index (χ2n) is 6.41. The first-order valence-electron chi connectivity index (χ1n) is 8.01. The van der Waals surface area contributed by atoms with E-state index in [1.54, 1.807) is 0 Å². The van der Waals surface area contributed by atoms with Gasteiger partial charge in [-0.25, -0.2) is 0 Å². The van der Waals surface area contributed by atoms with Crippen LogP contribution in [0.5, 0.6) is 0 Å². The Bertz CT molecular complexity index is 357. The maximum atomic E-state index is 3.91. The summed E-state index contributed by atoms with van der Waals surface area (Å²) in [6.07, 6.45) is 6.71. The van der Waals surface area contributed by atoms with Crippen LogP contribution in [0.15, 0.2) is 30.3 Å². The Morgan fingerprint density at radius 3 is 2.53 bits per heavy atom. The first kappa shape index (κ1) is 14.6. The molecule has 3 atom stereocenters. The largest absolute Gasteiger partial charge is 0.307 e. The lowest BCUT2D eigenvalue weighted by atomic mass is 9.79. The summed E-state index contributed by atoms with van der Waals surface area (Å²) in [5.74, 6) is 1.75. The minimum absolute atomic E-state index is 0.525. The van der Waals surface area contributed by atoms with Gasteiger partial charge in [0, 0.05) is 12.1 Å². The fraction of sp³-hybridized carbons (Fsp3) is 0.667. The SMILES string of the molecule is CCC(NC1CCCC(C(C)C)C1)c1ccccc1. The van der Waals surface area contributed by atoms with Gasteiger partial charge in [0.15, 0.2) is 0 Å². The van der Waals surface area contributed by atoms with Gasteiger partial charge in [0.2, 0.25) is 0 Å². The molecule has 0 amide bonds. The molecule has 1 aliphatic rings. The minimum atomic E-state index is 0.525. The predicted octanol–water partition coefficient (Wildman–Crippen LogP) is 4.94. The van der Waals surface area contributed by atoms with Gasteiger partial charge in [0.25, 0.3) is 0 Å². The van der Waals surface area contributed by atoms with E-state index in [1.807, 2.05) is 0 Å². The van der Waals surface area contributed by atoms with E-state index in [-0.39, 0.29) is 0 Å². The number of nitrogens with one attached hydrogen (secondary N) is 1. The second kappa shape index (κ2) is 7.09. The first-order valence-corrected chi connectivity index (χ1v) is 8.01. The van der Waals surface area contributed by atoms with Gasteiger partial charge in [-0.3, -0.25) is 0 Å². The van der Waals surface area contributed by atoms with Gasteiger partial charge in [-0.05, 0) is 36.7 Å². The number of rotatable bonds is 5. The molecule has 0 spiro atoms. The minimum Gasteiger partial charge on any atom is -0.307 e. The molecular weight excluding hydrogens is 230 g/mol. The number of hydrogen-bond acceptors (Lipinski definition) is 1. The molecule has 0 saturated heterocycles. The van der Waals surface area contributed by atoms with E-state index in [4.69, 9.17) is 0 Å². The molecule has 1 aromatic carbocycles. The fourth-order valence-corrected chi connectivity index (χ4v) is 3.40. The summed E-state index contributed by atoms with van der Waals surface area (Å²) in [6, 6.07) is 12.2. The van der Waals surface area contributed by atoms with E-state index in [2.05, 4.69) is 56.4 Å². The van der Waals surface area contributed by atoms with Gasteiger partial charge in [0.05, 0.1) is 0 Å². The van der Waals surface area contributed by atoms with E-state index in [0.717, 1.165) is 11.8 Å². The molecule has 0 aliphatic heterocycles. The summed E-state index contributed by atoms with van der Waals surface area (Å²) in [4.78, 5) is 0. The molecular formula is C18H29N. The molecule has 3 unspecified atom stereocenters. The molecule has 1 saturated carbocycles. The van der Waals surface area contributed by atoms with Crippen LogP contribution in [-0.4, -0.2) is 6.04 Å². The molecule has 1 aliphatic carbocycles. The van der Waals surface area contributed by atoms with Crippen molar-refractivity contribution in [2.75, 3.05) is 0 Å². The fourth-order valence-electron chi connectivity index (χ4n) is 3.40. The smallest absolute Gasteiger partial charge is 0.0320 e. The van der Waals surface area contributed by atoms with Gasteiger partial charge in [-0.1, -0.05) is 63.9 Å². The van der Waals surface area contributed by atoms with Crippen LogP contribution in [0.3, 0.4) is 0 Å². The summed E-state index contributed by atoms with van der Waals surface area (Å²) in [5.41, 5.74) is 1.44. The molecule has 106 valence electrons. The van der Waals surface area contributed by atoms with Crippen molar-refractivity contribution in [2.45, 2.75) is 65.0 Å². The molecule has 1 fully saturated rings. The van der Waals surface area contributed by atoms with E-state index < -0.39 is 0 Å². The lowest BCUT2D eigenvalue weighted by molar-refractivity contribution is 0.219. The van der Waals surface area contributed by atoms with Crippen LogP contribution < -0.4 is 5.32 Å². The quantitative estimate of drug-likeness (QED) is 0.789. The van der Waals surface area contributed by atoms with Crippen molar-refractivity contribution < 1.29 is 0 Å². The molecule has 0 heterocycles. The molecule has 0 radical (unpaired) electrons. The summed E-state index contributed by atoms with van der Waals surface area (Å²) in [5, 5.41) is 3.91. The van der Waals surface area contributed by atoms with Crippen molar-refractivity contribution in [3.05, 3.63) is 35.9 Å². The van der Waals surface area contributed by atoms with Gasteiger partial charge in [-0.2, -0.15) is 0 Å². The van der Waals surface area contributed by atoms with Crippen LogP contribution in [0.4, 0.5) is 0 Å². The van der Waals surface area contributed by atoms with Crippen LogP contribution in [0.1, 0.15) is 64.5 Å².